The van der Waals surface area contributed by atoms with Crippen LogP contribution in [0.3, 0.4) is 0 Å². The van der Waals surface area contributed by atoms with Gasteiger partial charge in [-0.2, -0.15) is 0 Å². The number of hydrogen-bond acceptors (Lipinski definition) is 12. The van der Waals surface area contributed by atoms with Crippen LogP contribution in [0.4, 0.5) is 10.2 Å². The van der Waals surface area contributed by atoms with Crippen LogP contribution in [-0.2, 0) is 20.9 Å². The SMILES string of the molecule is CCNC(=O)c1nnc(-c2cc(C(C)C)c(O)cc2O)n1-c1ccc(CN2CCC(C(=O)N3CCC(C(=O)OC[C@@H](NC(=O)c4cc(-c5cc(NC(C)C)ncc5Cl)c[nH]4)c4cccc(Cl)c4)CC3)CC2)c(F)c1. The number of nitrogens with zero attached hydrogens (tertiary/aromatic N) is 6. The molecule has 6 N–H and O–H groups in total. The summed E-state index contributed by atoms with van der Waals surface area (Å²) in [4.78, 5) is 65.4. The molecule has 8 rings (SSSR count). The highest BCUT2D eigenvalue weighted by molar-refractivity contribution is 6.33. The molecule has 390 valence electrons. The van der Waals surface area contributed by atoms with Gasteiger partial charge in [-0.3, -0.25) is 28.6 Å². The number of piperidine rings is 2. The van der Waals surface area contributed by atoms with E-state index in [0.29, 0.717) is 109 Å². The molecule has 0 bridgehead atoms. The van der Waals surface area contributed by atoms with E-state index in [4.69, 9.17) is 27.9 Å². The molecule has 1 atom stereocenters. The van der Waals surface area contributed by atoms with E-state index in [1.54, 1.807) is 67.8 Å². The van der Waals surface area contributed by atoms with E-state index in [1.165, 1.54) is 16.7 Å². The molecule has 0 unspecified atom stereocenters. The lowest BCUT2D eigenvalue weighted by molar-refractivity contribution is -0.153. The van der Waals surface area contributed by atoms with Crippen molar-refractivity contribution in [1.82, 2.24) is 45.2 Å². The lowest BCUT2D eigenvalue weighted by Gasteiger charge is -2.37. The molecule has 2 saturated heterocycles. The van der Waals surface area contributed by atoms with Gasteiger partial charge in [0.2, 0.25) is 11.7 Å². The standard InChI is InChI=1S/C54H61Cl2FN10O7/c1-6-58-52(71)50-64-63-49(41-23-39(30(2)3)46(68)25-47(41)69)67(50)38-11-10-35(43(57)22-38)28-65-16-12-32(13-17-65)53(72)66-18-14-33(15-19-66)54(73)74-29-45(34-8-7-9-37(55)20-34)62-51(70)44-21-36(26-59-44)40-24-48(61-31(4)5)60-27-42(40)56/h7-11,20-27,30-33,45,59,68-69H,6,12-19,28-29H2,1-5H3,(H,58,71)(H,60,61)(H,62,70)/t45-/m1/s1. The second kappa shape index (κ2) is 23.5. The molecule has 6 aromatic rings. The van der Waals surface area contributed by atoms with Gasteiger partial charge in [0.05, 0.1) is 28.2 Å². The summed E-state index contributed by atoms with van der Waals surface area (Å²) in [6.07, 6.45) is 5.29. The lowest BCUT2D eigenvalue weighted by Crippen LogP contribution is -2.46. The second-order valence-electron chi connectivity index (χ2n) is 19.4. The van der Waals surface area contributed by atoms with Gasteiger partial charge < -0.3 is 40.8 Å². The lowest BCUT2D eigenvalue weighted by atomic mass is 9.92. The van der Waals surface area contributed by atoms with Gasteiger partial charge in [0.25, 0.3) is 11.8 Å². The Morgan fingerprint density at radius 1 is 0.865 bits per heavy atom. The van der Waals surface area contributed by atoms with Crippen molar-refractivity contribution in [2.24, 2.45) is 11.8 Å². The predicted octanol–water partition coefficient (Wildman–Crippen LogP) is 9.04. The Labute approximate surface area is 438 Å². The summed E-state index contributed by atoms with van der Waals surface area (Å²) in [5.74, 6) is -2.32. The van der Waals surface area contributed by atoms with Crippen LogP contribution in [0.2, 0.25) is 10.0 Å². The zero-order valence-corrected chi connectivity index (χ0v) is 43.4. The van der Waals surface area contributed by atoms with Crippen LogP contribution in [0.1, 0.15) is 110 Å². The molecule has 74 heavy (non-hydrogen) atoms. The minimum atomic E-state index is -0.722. The zero-order chi connectivity index (χ0) is 52.8. The predicted molar refractivity (Wildman–Crippen MR) is 280 cm³/mol. The average molecular weight is 1050 g/mol. The first kappa shape index (κ1) is 53.3. The van der Waals surface area contributed by atoms with E-state index in [9.17, 15) is 29.4 Å². The number of aromatic nitrogens is 5. The van der Waals surface area contributed by atoms with Gasteiger partial charge in [0, 0.05) is 78.3 Å². The number of aromatic amines is 1. The van der Waals surface area contributed by atoms with Crippen molar-refractivity contribution in [2.45, 2.75) is 84.8 Å². The number of amides is 3. The van der Waals surface area contributed by atoms with Crippen molar-refractivity contribution >= 4 is 52.7 Å². The molecule has 3 aromatic carbocycles. The van der Waals surface area contributed by atoms with Crippen LogP contribution in [0, 0.1) is 17.7 Å². The maximum absolute atomic E-state index is 16.1. The smallest absolute Gasteiger partial charge is 0.309 e. The van der Waals surface area contributed by atoms with E-state index < -0.39 is 35.6 Å². The number of halogens is 3. The molecule has 17 nitrogen and oxygen atoms in total. The van der Waals surface area contributed by atoms with E-state index >= 15 is 4.39 Å². The molecule has 2 fully saturated rings. The van der Waals surface area contributed by atoms with Crippen LogP contribution in [0.5, 0.6) is 11.5 Å². The van der Waals surface area contributed by atoms with Gasteiger partial charge in [-0.1, -0.05) is 55.2 Å². The summed E-state index contributed by atoms with van der Waals surface area (Å²) in [5, 5.41) is 39.6. The summed E-state index contributed by atoms with van der Waals surface area (Å²) in [7, 11) is 0. The minimum absolute atomic E-state index is 0.0370. The largest absolute Gasteiger partial charge is 0.508 e. The van der Waals surface area contributed by atoms with Crippen molar-refractivity contribution in [3.8, 4) is 39.7 Å². The monoisotopic (exact) mass is 1050 g/mol. The first-order valence-electron chi connectivity index (χ1n) is 24.9. The molecule has 3 aromatic heterocycles. The Balaban J connectivity index is 0.841. The number of carbonyl (C=O) groups excluding carboxylic acids is 4. The Morgan fingerprint density at radius 2 is 1.61 bits per heavy atom. The Morgan fingerprint density at radius 3 is 2.30 bits per heavy atom. The third-order valence-corrected chi connectivity index (χ3v) is 14.0. The quantitative estimate of drug-likeness (QED) is 0.0472. The van der Waals surface area contributed by atoms with Gasteiger partial charge in [-0.15, -0.1) is 10.2 Å². The molecule has 0 saturated carbocycles. The topological polar surface area (TPSA) is 220 Å². The third kappa shape index (κ3) is 12.3. The summed E-state index contributed by atoms with van der Waals surface area (Å²) >= 11 is 12.9. The van der Waals surface area contributed by atoms with Crippen LogP contribution in [0.25, 0.3) is 28.2 Å². The number of phenols is 2. The summed E-state index contributed by atoms with van der Waals surface area (Å²) < 4.78 is 23.3. The van der Waals surface area contributed by atoms with E-state index in [2.05, 4.69) is 41.0 Å². The highest BCUT2D eigenvalue weighted by Crippen LogP contribution is 2.39. The molecule has 0 spiro atoms. The zero-order valence-electron chi connectivity index (χ0n) is 41.9. The number of anilines is 1. The van der Waals surface area contributed by atoms with Crippen LogP contribution in [0.15, 0.2) is 79.1 Å². The fourth-order valence-electron chi connectivity index (χ4n) is 9.48. The normalized spacial score (nSPS) is 15.1. The molecule has 5 heterocycles. The summed E-state index contributed by atoms with van der Waals surface area (Å²) in [5.41, 5.74) is 3.78. The van der Waals surface area contributed by atoms with E-state index in [1.807, 2.05) is 38.7 Å². The number of ether oxygens (including phenoxy) is 1. The van der Waals surface area contributed by atoms with E-state index in [-0.39, 0.29) is 70.5 Å². The first-order valence-corrected chi connectivity index (χ1v) is 25.7. The molecular weight excluding hydrogens is 991 g/mol. The van der Waals surface area contributed by atoms with Crippen molar-refractivity contribution in [3.05, 3.63) is 123 Å². The number of likely N-dealkylation sites (tertiary alicyclic amines) is 2. The number of carbonyl (C=O) groups is 4. The number of phenolic OH excluding ortho intramolecular Hbond substituents is 2. The average Bonchev–Trinajstić information content (AvgIpc) is 4.05. The number of benzene rings is 3. The fraction of sp³-hybridized carbons (Fsp3) is 0.389. The summed E-state index contributed by atoms with van der Waals surface area (Å²) in [6, 6.07) is 17.4. The highest BCUT2D eigenvalue weighted by Gasteiger charge is 2.34. The molecule has 20 heteroatoms. The number of nitrogens with one attached hydrogen (secondary N) is 4. The van der Waals surface area contributed by atoms with Gasteiger partial charge in [0.15, 0.2) is 5.82 Å². The van der Waals surface area contributed by atoms with Crippen LogP contribution in [-0.4, -0.2) is 114 Å². The van der Waals surface area contributed by atoms with Crippen molar-refractivity contribution < 1.29 is 38.5 Å². The number of pyridine rings is 1. The molecule has 0 radical (unpaired) electrons. The molecular formula is C54H61Cl2FN10O7. The van der Waals surface area contributed by atoms with Crippen molar-refractivity contribution in [3.63, 3.8) is 0 Å². The molecule has 2 aliphatic heterocycles. The third-order valence-electron chi connectivity index (χ3n) is 13.5. The number of H-pyrrole nitrogens is 1. The van der Waals surface area contributed by atoms with Crippen LogP contribution >= 0.6 is 23.2 Å². The fourth-order valence-corrected chi connectivity index (χ4v) is 9.89. The Kier molecular flexibility index (Phi) is 16.9. The van der Waals surface area contributed by atoms with Crippen molar-refractivity contribution in [1.29, 1.82) is 0 Å². The minimum Gasteiger partial charge on any atom is -0.508 e. The van der Waals surface area contributed by atoms with Crippen LogP contribution < -0.4 is 16.0 Å². The Hall–Kier alpha value is -7.02. The molecule has 0 aliphatic carbocycles. The maximum Gasteiger partial charge on any atom is 0.309 e. The number of aromatic hydroxyl groups is 2. The van der Waals surface area contributed by atoms with Gasteiger partial charge in [-0.05, 0) is 119 Å². The van der Waals surface area contributed by atoms with Gasteiger partial charge in [-0.25, -0.2) is 9.37 Å². The molecule has 3 amide bonds. The van der Waals surface area contributed by atoms with E-state index in [0.717, 1.165) is 0 Å². The highest BCUT2D eigenvalue weighted by atomic mass is 35.5. The van der Waals surface area contributed by atoms with Gasteiger partial charge >= 0.3 is 5.97 Å². The maximum atomic E-state index is 16.1. The Bertz CT molecular complexity index is 3020. The summed E-state index contributed by atoms with van der Waals surface area (Å²) in [6.45, 7) is 11.9. The first-order chi connectivity index (χ1) is 35.5. The number of rotatable bonds is 17. The number of hydrogen-bond donors (Lipinski definition) is 6. The van der Waals surface area contributed by atoms with Gasteiger partial charge in [0.1, 0.15) is 35.4 Å². The number of esters is 1. The molecule has 2 aliphatic rings. The van der Waals surface area contributed by atoms with Crippen molar-refractivity contribution in [2.75, 3.05) is 44.6 Å². The second-order valence-corrected chi connectivity index (χ2v) is 20.3.